The molecule has 0 heterocycles. The summed E-state index contributed by atoms with van der Waals surface area (Å²) in [5.74, 6) is 1.72. The largest absolute Gasteiger partial charge is 0.354 e. The average Bonchev–Trinajstić information content (AvgIpc) is 2.53. The highest BCUT2D eigenvalue weighted by molar-refractivity contribution is 5.79. The zero-order valence-corrected chi connectivity index (χ0v) is 12.9. The molecule has 0 radical (unpaired) electrons. The Kier molecular flexibility index (Phi) is 5.62. The summed E-state index contributed by atoms with van der Waals surface area (Å²) >= 11 is 0. The third-order valence-electron chi connectivity index (χ3n) is 4.12. The lowest BCUT2D eigenvalue weighted by atomic mass is 9.87. The van der Waals surface area contributed by atoms with Crippen LogP contribution in [0.5, 0.6) is 0 Å². The maximum atomic E-state index is 8.79. The maximum absolute atomic E-state index is 8.79. The molecule has 112 valence electrons. The van der Waals surface area contributed by atoms with Crippen molar-refractivity contribution < 1.29 is 0 Å². The Balaban J connectivity index is 1.81. The number of nitriles is 1. The number of nitrogens with one attached hydrogen (secondary N) is 2. The fourth-order valence-corrected chi connectivity index (χ4v) is 2.68. The van der Waals surface area contributed by atoms with E-state index in [0.717, 1.165) is 17.4 Å². The van der Waals surface area contributed by atoms with Crippen molar-refractivity contribution in [1.29, 1.82) is 5.26 Å². The first-order chi connectivity index (χ1) is 10.2. The lowest BCUT2D eigenvalue weighted by Crippen LogP contribution is -2.44. The van der Waals surface area contributed by atoms with E-state index < -0.39 is 0 Å². The predicted octanol–water partition coefficient (Wildman–Crippen LogP) is 2.80. The van der Waals surface area contributed by atoms with E-state index in [1.807, 2.05) is 24.3 Å². The first-order valence-corrected chi connectivity index (χ1v) is 7.67. The summed E-state index contributed by atoms with van der Waals surface area (Å²) in [6.45, 7) is 3.04. The van der Waals surface area contributed by atoms with Crippen LogP contribution in [0.3, 0.4) is 0 Å². The van der Waals surface area contributed by atoms with Gasteiger partial charge in [-0.25, -0.2) is 0 Å². The van der Waals surface area contributed by atoms with Crippen LogP contribution in [0.1, 0.15) is 43.7 Å². The number of guanidine groups is 1. The molecule has 1 saturated carbocycles. The molecule has 1 fully saturated rings. The molecule has 4 nitrogen and oxygen atoms in total. The van der Waals surface area contributed by atoms with E-state index >= 15 is 0 Å². The molecule has 1 aliphatic rings. The average molecular weight is 284 g/mol. The van der Waals surface area contributed by atoms with Gasteiger partial charge in [-0.2, -0.15) is 5.26 Å². The second kappa shape index (κ2) is 7.68. The molecule has 0 unspecified atom stereocenters. The van der Waals surface area contributed by atoms with Crippen LogP contribution in [0, 0.1) is 17.2 Å². The Labute approximate surface area is 127 Å². The third-order valence-corrected chi connectivity index (χ3v) is 4.12. The quantitative estimate of drug-likeness (QED) is 0.663. The summed E-state index contributed by atoms with van der Waals surface area (Å²) in [4.78, 5) is 4.29. The number of hydrogen-bond acceptors (Lipinski definition) is 2. The highest BCUT2D eigenvalue weighted by Crippen LogP contribution is 2.23. The number of aliphatic imine (C=N–C) groups is 1. The van der Waals surface area contributed by atoms with Gasteiger partial charge in [-0.3, -0.25) is 4.99 Å². The summed E-state index contributed by atoms with van der Waals surface area (Å²) in [6, 6.07) is 10.3. The van der Waals surface area contributed by atoms with Crippen LogP contribution < -0.4 is 10.6 Å². The van der Waals surface area contributed by atoms with Crippen molar-refractivity contribution in [1.82, 2.24) is 10.6 Å². The molecule has 0 bridgehead atoms. The van der Waals surface area contributed by atoms with Crippen LogP contribution in [0.2, 0.25) is 0 Å². The van der Waals surface area contributed by atoms with Gasteiger partial charge in [0.2, 0.25) is 0 Å². The summed E-state index contributed by atoms with van der Waals surface area (Å²) in [5, 5.41) is 15.6. The van der Waals surface area contributed by atoms with E-state index in [1.165, 1.54) is 25.7 Å². The molecule has 1 aliphatic carbocycles. The second-order valence-corrected chi connectivity index (χ2v) is 5.84. The van der Waals surface area contributed by atoms with Crippen LogP contribution in [0.4, 0.5) is 0 Å². The van der Waals surface area contributed by atoms with Crippen molar-refractivity contribution in [2.24, 2.45) is 10.9 Å². The summed E-state index contributed by atoms with van der Waals surface area (Å²) in [6.07, 6.45) is 5.03. The van der Waals surface area contributed by atoms with E-state index in [1.54, 1.807) is 7.05 Å². The molecule has 2 rings (SSSR count). The van der Waals surface area contributed by atoms with Crippen molar-refractivity contribution in [2.75, 3.05) is 7.05 Å². The maximum Gasteiger partial charge on any atom is 0.191 e. The first kappa shape index (κ1) is 15.4. The molecule has 4 heteroatoms. The molecule has 0 spiro atoms. The van der Waals surface area contributed by atoms with E-state index in [2.05, 4.69) is 28.6 Å². The Morgan fingerprint density at radius 2 is 1.90 bits per heavy atom. The van der Waals surface area contributed by atoms with Gasteiger partial charge >= 0.3 is 0 Å². The molecule has 2 N–H and O–H groups in total. The molecule has 0 saturated heterocycles. The number of hydrogen-bond donors (Lipinski definition) is 2. The molecule has 1 aromatic rings. The van der Waals surface area contributed by atoms with Gasteiger partial charge in [0, 0.05) is 19.6 Å². The van der Waals surface area contributed by atoms with Crippen molar-refractivity contribution in [3.05, 3.63) is 35.4 Å². The van der Waals surface area contributed by atoms with Crippen molar-refractivity contribution in [3.8, 4) is 6.07 Å². The molecular weight excluding hydrogens is 260 g/mol. The Hall–Kier alpha value is -2.02. The standard InChI is InChI=1S/C17H24N4/c1-13-3-9-16(10-4-13)21-17(19-2)20-12-15-7-5-14(11-18)6-8-15/h5-8,13,16H,3-4,9-10,12H2,1-2H3,(H2,19,20,21). The van der Waals surface area contributed by atoms with Crippen LogP contribution in [0.25, 0.3) is 0 Å². The zero-order chi connectivity index (χ0) is 15.1. The van der Waals surface area contributed by atoms with Crippen molar-refractivity contribution >= 4 is 5.96 Å². The first-order valence-electron chi connectivity index (χ1n) is 7.67. The molecule has 0 atom stereocenters. The smallest absolute Gasteiger partial charge is 0.191 e. The third kappa shape index (κ3) is 4.78. The lowest BCUT2D eigenvalue weighted by molar-refractivity contribution is 0.329. The van der Waals surface area contributed by atoms with Crippen molar-refractivity contribution in [2.45, 2.75) is 45.2 Å². The van der Waals surface area contributed by atoms with E-state index in [4.69, 9.17) is 5.26 Å². The van der Waals surface area contributed by atoms with Gasteiger partial charge in [-0.15, -0.1) is 0 Å². The highest BCUT2D eigenvalue weighted by atomic mass is 15.2. The van der Waals surface area contributed by atoms with Crippen LogP contribution in [0.15, 0.2) is 29.3 Å². The minimum atomic E-state index is 0.536. The van der Waals surface area contributed by atoms with Crippen LogP contribution >= 0.6 is 0 Å². The van der Waals surface area contributed by atoms with E-state index in [0.29, 0.717) is 18.2 Å². The normalized spacial score (nSPS) is 22.4. The van der Waals surface area contributed by atoms with Gasteiger partial charge < -0.3 is 10.6 Å². The fraction of sp³-hybridized carbons (Fsp3) is 0.529. The second-order valence-electron chi connectivity index (χ2n) is 5.84. The van der Waals surface area contributed by atoms with Gasteiger partial charge in [-0.05, 0) is 49.3 Å². The van der Waals surface area contributed by atoms with Gasteiger partial charge in [0.25, 0.3) is 0 Å². The van der Waals surface area contributed by atoms with E-state index in [9.17, 15) is 0 Å². The Bertz CT molecular complexity index is 505. The van der Waals surface area contributed by atoms with Crippen LogP contribution in [-0.4, -0.2) is 19.0 Å². The lowest BCUT2D eigenvalue weighted by Gasteiger charge is -2.28. The van der Waals surface area contributed by atoms with Gasteiger partial charge in [0.15, 0.2) is 5.96 Å². The number of rotatable bonds is 3. The molecule has 1 aromatic carbocycles. The zero-order valence-electron chi connectivity index (χ0n) is 12.9. The number of nitrogens with zero attached hydrogens (tertiary/aromatic N) is 2. The molecule has 0 aliphatic heterocycles. The molecule has 21 heavy (non-hydrogen) atoms. The summed E-state index contributed by atoms with van der Waals surface area (Å²) < 4.78 is 0. The topological polar surface area (TPSA) is 60.2 Å². The molecular formula is C17H24N4. The van der Waals surface area contributed by atoms with Gasteiger partial charge in [0.1, 0.15) is 0 Å². The molecule has 0 amide bonds. The van der Waals surface area contributed by atoms with E-state index in [-0.39, 0.29) is 0 Å². The van der Waals surface area contributed by atoms with Crippen LogP contribution in [-0.2, 0) is 6.54 Å². The monoisotopic (exact) mass is 284 g/mol. The number of benzene rings is 1. The summed E-state index contributed by atoms with van der Waals surface area (Å²) in [5.41, 5.74) is 1.84. The van der Waals surface area contributed by atoms with Gasteiger partial charge in [-0.1, -0.05) is 19.1 Å². The minimum Gasteiger partial charge on any atom is -0.354 e. The Morgan fingerprint density at radius 3 is 2.48 bits per heavy atom. The Morgan fingerprint density at radius 1 is 1.24 bits per heavy atom. The molecule has 0 aromatic heterocycles. The predicted molar refractivity (Wildman–Crippen MR) is 85.9 cm³/mol. The highest BCUT2D eigenvalue weighted by Gasteiger charge is 2.18. The van der Waals surface area contributed by atoms with Gasteiger partial charge in [0.05, 0.1) is 11.6 Å². The SMILES string of the molecule is CN=C(NCc1ccc(C#N)cc1)NC1CCC(C)CC1. The minimum absolute atomic E-state index is 0.536. The van der Waals surface area contributed by atoms with Crippen molar-refractivity contribution in [3.63, 3.8) is 0 Å². The summed E-state index contributed by atoms with van der Waals surface area (Å²) in [7, 11) is 1.81. The fourth-order valence-electron chi connectivity index (χ4n) is 2.68.